The van der Waals surface area contributed by atoms with Gasteiger partial charge in [0.05, 0.1) is 10.5 Å². The molecule has 134 valence electrons. The Morgan fingerprint density at radius 3 is 2.81 bits per heavy atom. The second kappa shape index (κ2) is 7.62. The lowest BCUT2D eigenvalue weighted by molar-refractivity contribution is -0.384. The Morgan fingerprint density at radius 1 is 1.38 bits per heavy atom. The molecule has 0 aliphatic heterocycles. The van der Waals surface area contributed by atoms with Crippen LogP contribution in [0.4, 0.5) is 5.69 Å². The highest BCUT2D eigenvalue weighted by atomic mass is 32.2. The summed E-state index contributed by atoms with van der Waals surface area (Å²) < 4.78 is 11.0. The summed E-state index contributed by atoms with van der Waals surface area (Å²) in [6, 6.07) is 4.03. The van der Waals surface area contributed by atoms with Gasteiger partial charge < -0.3 is 9.15 Å². The molecule has 0 N–H and O–H groups in total. The van der Waals surface area contributed by atoms with Crippen molar-refractivity contribution in [3.8, 4) is 0 Å². The third-order valence-corrected chi connectivity index (χ3v) is 5.22. The molecule has 11 heteroatoms. The van der Waals surface area contributed by atoms with E-state index in [2.05, 4.69) is 15.2 Å². The second-order valence-corrected chi connectivity index (χ2v) is 7.23. The highest BCUT2D eigenvalue weighted by Gasteiger charge is 2.20. The molecule has 0 aliphatic carbocycles. The number of carbonyl (C=O) groups excluding carboxylic acids is 1. The minimum Gasteiger partial charge on any atom is -0.452 e. The third kappa shape index (κ3) is 4.24. The number of hydrogen-bond acceptors (Lipinski definition) is 10. The third-order valence-electron chi connectivity index (χ3n) is 3.08. The first kappa shape index (κ1) is 18.0. The molecule has 2 aromatic heterocycles. The monoisotopic (exact) mass is 392 g/mol. The van der Waals surface area contributed by atoms with E-state index in [1.807, 2.05) is 12.3 Å². The Hall–Kier alpha value is -2.79. The van der Waals surface area contributed by atoms with E-state index in [-0.39, 0.29) is 23.7 Å². The summed E-state index contributed by atoms with van der Waals surface area (Å²) in [7, 11) is 0. The molecule has 0 amide bonds. The number of nitro groups is 1. The summed E-state index contributed by atoms with van der Waals surface area (Å²) in [6.07, 6.45) is 0. The molecule has 0 bridgehead atoms. The molecule has 0 spiro atoms. The molecule has 0 saturated carbocycles. The van der Waals surface area contributed by atoms with Crippen LogP contribution in [0.3, 0.4) is 0 Å². The van der Waals surface area contributed by atoms with Crippen LogP contribution >= 0.6 is 23.1 Å². The number of thiazole rings is 1. The van der Waals surface area contributed by atoms with Crippen LogP contribution in [0.1, 0.15) is 27.8 Å². The first-order valence-corrected chi connectivity index (χ1v) is 8.96. The number of ether oxygens (including phenoxy) is 1. The van der Waals surface area contributed by atoms with Crippen molar-refractivity contribution in [3.05, 3.63) is 56.7 Å². The van der Waals surface area contributed by atoms with Crippen molar-refractivity contribution < 1.29 is 18.9 Å². The molecule has 9 nitrogen and oxygen atoms in total. The van der Waals surface area contributed by atoms with Crippen molar-refractivity contribution in [1.29, 1.82) is 0 Å². The number of esters is 1. The van der Waals surface area contributed by atoms with Crippen molar-refractivity contribution in [2.45, 2.75) is 29.7 Å². The Bertz CT molecular complexity index is 969. The van der Waals surface area contributed by atoms with Gasteiger partial charge in [-0.05, 0) is 13.0 Å². The van der Waals surface area contributed by atoms with Gasteiger partial charge in [0.15, 0.2) is 10.9 Å². The Labute approximate surface area is 155 Å². The van der Waals surface area contributed by atoms with E-state index in [0.717, 1.165) is 10.0 Å². The molecule has 0 atom stereocenters. The number of aromatic nitrogens is 3. The SMILES string of the molecule is Cc1csc(Sc2ccc([N+](=O)[O-])cc2C(=O)OCc2nnc(C)o2)n1. The zero-order valence-electron chi connectivity index (χ0n) is 13.7. The maximum atomic E-state index is 12.5. The van der Waals surface area contributed by atoms with E-state index in [1.165, 1.54) is 41.3 Å². The van der Waals surface area contributed by atoms with E-state index in [1.54, 1.807) is 6.92 Å². The van der Waals surface area contributed by atoms with E-state index < -0.39 is 10.9 Å². The number of rotatable bonds is 6. The summed E-state index contributed by atoms with van der Waals surface area (Å²) in [5.41, 5.74) is 0.730. The van der Waals surface area contributed by atoms with Crippen LogP contribution in [-0.2, 0) is 11.3 Å². The maximum Gasteiger partial charge on any atom is 0.340 e. The number of nitro benzene ring substituents is 1. The van der Waals surface area contributed by atoms with Crippen molar-refractivity contribution >= 4 is 34.8 Å². The van der Waals surface area contributed by atoms with Gasteiger partial charge in [0.1, 0.15) is 0 Å². The molecule has 0 unspecified atom stereocenters. The van der Waals surface area contributed by atoms with Gasteiger partial charge >= 0.3 is 5.97 Å². The van der Waals surface area contributed by atoms with E-state index in [0.29, 0.717) is 10.8 Å². The lowest BCUT2D eigenvalue weighted by atomic mass is 10.2. The van der Waals surface area contributed by atoms with Crippen molar-refractivity contribution in [2.75, 3.05) is 0 Å². The summed E-state index contributed by atoms with van der Waals surface area (Å²) >= 11 is 2.66. The molecule has 3 aromatic rings. The topological polar surface area (TPSA) is 121 Å². The molecule has 0 saturated heterocycles. The van der Waals surface area contributed by atoms with Crippen molar-refractivity contribution in [3.63, 3.8) is 0 Å². The fourth-order valence-corrected chi connectivity index (χ4v) is 3.85. The molecule has 1 aromatic carbocycles. The molecule has 3 rings (SSSR count). The van der Waals surface area contributed by atoms with Crippen molar-refractivity contribution in [2.24, 2.45) is 0 Å². The Balaban J connectivity index is 1.84. The molecule has 0 aliphatic rings. The average Bonchev–Trinajstić information content (AvgIpc) is 3.21. The van der Waals surface area contributed by atoms with Gasteiger partial charge in [0.2, 0.25) is 5.89 Å². The van der Waals surface area contributed by atoms with Gasteiger partial charge in [0, 0.05) is 35.0 Å². The van der Waals surface area contributed by atoms with Gasteiger partial charge in [-0.25, -0.2) is 9.78 Å². The molecular weight excluding hydrogens is 380 g/mol. The quantitative estimate of drug-likeness (QED) is 0.352. The first-order chi connectivity index (χ1) is 12.4. The number of benzene rings is 1. The highest BCUT2D eigenvalue weighted by Crippen LogP contribution is 2.34. The van der Waals surface area contributed by atoms with Crippen LogP contribution in [0.2, 0.25) is 0 Å². The van der Waals surface area contributed by atoms with Crippen LogP contribution in [0, 0.1) is 24.0 Å². The molecule has 26 heavy (non-hydrogen) atoms. The second-order valence-electron chi connectivity index (χ2n) is 5.09. The summed E-state index contributed by atoms with van der Waals surface area (Å²) in [5.74, 6) is -0.229. The molecular formula is C15H12N4O5S2. The fraction of sp³-hybridized carbons (Fsp3) is 0.200. The van der Waals surface area contributed by atoms with Crippen LogP contribution in [0.25, 0.3) is 0 Å². The largest absolute Gasteiger partial charge is 0.452 e. The number of aryl methyl sites for hydroxylation is 2. The minimum atomic E-state index is -0.722. The standard InChI is InChI=1S/C15H12N4O5S2/c1-8-7-25-15(16-8)26-12-4-3-10(19(21)22)5-11(12)14(20)23-6-13-18-17-9(2)24-13/h3-5,7H,6H2,1-2H3. The maximum absolute atomic E-state index is 12.5. The van der Waals surface area contributed by atoms with Crippen LogP contribution < -0.4 is 0 Å². The van der Waals surface area contributed by atoms with Crippen molar-refractivity contribution in [1.82, 2.24) is 15.2 Å². The van der Waals surface area contributed by atoms with Gasteiger partial charge in [-0.15, -0.1) is 21.5 Å². The van der Waals surface area contributed by atoms with Gasteiger partial charge in [-0.1, -0.05) is 11.8 Å². The molecule has 0 fully saturated rings. The predicted molar refractivity (Wildman–Crippen MR) is 92.2 cm³/mol. The molecule has 0 radical (unpaired) electrons. The summed E-state index contributed by atoms with van der Waals surface area (Å²) in [4.78, 5) is 27.7. The first-order valence-electron chi connectivity index (χ1n) is 7.27. The zero-order valence-corrected chi connectivity index (χ0v) is 15.3. The number of nitrogens with zero attached hydrogens (tertiary/aromatic N) is 4. The number of hydrogen-bond donors (Lipinski definition) is 0. The van der Waals surface area contributed by atoms with Gasteiger partial charge in [0.25, 0.3) is 11.6 Å². The van der Waals surface area contributed by atoms with E-state index in [4.69, 9.17) is 9.15 Å². The number of carbonyl (C=O) groups is 1. The van der Waals surface area contributed by atoms with Gasteiger partial charge in [-0.2, -0.15) is 0 Å². The summed E-state index contributed by atoms with van der Waals surface area (Å²) in [5, 5.41) is 20.3. The fourth-order valence-electron chi connectivity index (χ4n) is 1.95. The molecule has 2 heterocycles. The summed E-state index contributed by atoms with van der Waals surface area (Å²) in [6.45, 7) is 3.25. The van der Waals surface area contributed by atoms with Crippen LogP contribution in [-0.4, -0.2) is 26.1 Å². The normalized spacial score (nSPS) is 10.7. The lowest BCUT2D eigenvalue weighted by Gasteiger charge is -2.07. The van der Waals surface area contributed by atoms with E-state index in [9.17, 15) is 14.9 Å². The smallest absolute Gasteiger partial charge is 0.340 e. The van der Waals surface area contributed by atoms with Gasteiger partial charge in [-0.3, -0.25) is 10.1 Å². The van der Waals surface area contributed by atoms with E-state index >= 15 is 0 Å². The lowest BCUT2D eigenvalue weighted by Crippen LogP contribution is -2.07. The Morgan fingerprint density at radius 2 is 2.19 bits per heavy atom. The Kier molecular flexibility index (Phi) is 5.28. The average molecular weight is 392 g/mol. The number of non-ortho nitro benzene ring substituents is 1. The predicted octanol–water partition coefficient (Wildman–Crippen LogP) is 3.56. The highest BCUT2D eigenvalue weighted by molar-refractivity contribution is 8.01. The minimum absolute atomic E-state index is 0.0771. The van der Waals surface area contributed by atoms with Crippen LogP contribution in [0.5, 0.6) is 0 Å². The van der Waals surface area contributed by atoms with Crippen LogP contribution in [0.15, 0.2) is 37.2 Å². The zero-order chi connectivity index (χ0) is 18.7.